The van der Waals surface area contributed by atoms with Crippen LogP contribution in [-0.2, 0) is 17.8 Å². The molecule has 3 aromatic rings. The maximum atomic E-state index is 12.4. The van der Waals surface area contributed by atoms with E-state index in [-0.39, 0.29) is 5.91 Å². The van der Waals surface area contributed by atoms with E-state index in [1.165, 1.54) is 24.1 Å². The Morgan fingerprint density at radius 1 is 1.23 bits per heavy atom. The van der Waals surface area contributed by atoms with Crippen LogP contribution in [0.3, 0.4) is 0 Å². The lowest BCUT2D eigenvalue weighted by molar-refractivity contribution is -0.122. The number of aromatic nitrogens is 3. The monoisotopic (exact) mass is 368 g/mol. The number of rotatable bonds is 6. The summed E-state index contributed by atoms with van der Waals surface area (Å²) in [5.74, 6) is 1.07. The SMILES string of the molecule is O=C(CCc1nc2cccnc2n1Cc1cccs1)NC1CCCCC1. The van der Waals surface area contributed by atoms with Gasteiger partial charge in [-0.3, -0.25) is 4.79 Å². The molecule has 3 aromatic heterocycles. The van der Waals surface area contributed by atoms with E-state index < -0.39 is 0 Å². The Bertz CT molecular complexity index is 865. The quantitative estimate of drug-likeness (QED) is 0.717. The molecule has 1 aliphatic carbocycles. The summed E-state index contributed by atoms with van der Waals surface area (Å²) >= 11 is 1.73. The Kier molecular flexibility index (Phi) is 5.29. The summed E-state index contributed by atoms with van der Waals surface area (Å²) in [7, 11) is 0. The molecule has 1 fully saturated rings. The molecule has 0 atom stereocenters. The minimum atomic E-state index is 0.139. The van der Waals surface area contributed by atoms with Crippen LogP contribution in [0.15, 0.2) is 35.8 Å². The predicted octanol–water partition coefficient (Wildman–Crippen LogP) is 3.92. The van der Waals surface area contributed by atoms with Gasteiger partial charge in [-0.15, -0.1) is 11.3 Å². The lowest BCUT2D eigenvalue weighted by Gasteiger charge is -2.22. The lowest BCUT2D eigenvalue weighted by Crippen LogP contribution is -2.36. The fourth-order valence-electron chi connectivity index (χ4n) is 3.69. The molecule has 0 aromatic carbocycles. The summed E-state index contributed by atoms with van der Waals surface area (Å²) in [5, 5.41) is 5.28. The van der Waals surface area contributed by atoms with Crippen LogP contribution < -0.4 is 5.32 Å². The number of aryl methyl sites for hydroxylation is 1. The summed E-state index contributed by atoms with van der Waals surface area (Å²) in [5.41, 5.74) is 1.79. The molecule has 0 unspecified atom stereocenters. The lowest BCUT2D eigenvalue weighted by atomic mass is 9.95. The first-order valence-corrected chi connectivity index (χ1v) is 10.3. The molecular formula is C20H24N4OS. The molecule has 3 heterocycles. The second-order valence-electron chi connectivity index (χ2n) is 6.94. The number of hydrogen-bond acceptors (Lipinski definition) is 4. The number of thiophene rings is 1. The van der Waals surface area contributed by atoms with Gasteiger partial charge in [0.2, 0.25) is 5.91 Å². The molecule has 5 nitrogen and oxygen atoms in total. The standard InChI is InChI=1S/C20H24N4OS/c25-19(22-15-6-2-1-3-7-15)11-10-18-23-17-9-4-12-21-20(17)24(18)14-16-8-5-13-26-16/h4-5,8-9,12-13,15H,1-3,6-7,10-11,14H2,(H,22,25). The predicted molar refractivity (Wildman–Crippen MR) is 104 cm³/mol. The van der Waals surface area contributed by atoms with Gasteiger partial charge in [0.1, 0.15) is 11.3 Å². The van der Waals surface area contributed by atoms with Gasteiger partial charge in [-0.05, 0) is 36.4 Å². The van der Waals surface area contributed by atoms with Crippen LogP contribution in [0.5, 0.6) is 0 Å². The second-order valence-corrected chi connectivity index (χ2v) is 7.97. The molecule has 6 heteroatoms. The Labute approximate surface area is 157 Å². The average Bonchev–Trinajstić information content (AvgIpc) is 3.30. The van der Waals surface area contributed by atoms with E-state index in [2.05, 4.69) is 32.4 Å². The molecule has 1 aliphatic rings. The molecule has 0 saturated heterocycles. The van der Waals surface area contributed by atoms with E-state index in [0.717, 1.165) is 36.4 Å². The van der Waals surface area contributed by atoms with Gasteiger partial charge < -0.3 is 9.88 Å². The summed E-state index contributed by atoms with van der Waals surface area (Å²) in [6, 6.07) is 8.44. The van der Waals surface area contributed by atoms with E-state index >= 15 is 0 Å². The van der Waals surface area contributed by atoms with Crippen molar-refractivity contribution in [1.82, 2.24) is 19.9 Å². The van der Waals surface area contributed by atoms with Gasteiger partial charge in [-0.25, -0.2) is 9.97 Å². The largest absolute Gasteiger partial charge is 0.353 e. The van der Waals surface area contributed by atoms with Crippen molar-refractivity contribution in [3.05, 3.63) is 46.5 Å². The highest BCUT2D eigenvalue weighted by Crippen LogP contribution is 2.20. The molecule has 0 aliphatic heterocycles. The first-order chi connectivity index (χ1) is 12.8. The number of amides is 1. The van der Waals surface area contributed by atoms with Gasteiger partial charge in [-0.2, -0.15) is 0 Å². The normalized spacial score (nSPS) is 15.4. The van der Waals surface area contributed by atoms with Crippen molar-refractivity contribution in [2.24, 2.45) is 0 Å². The average molecular weight is 369 g/mol. The third kappa shape index (κ3) is 3.96. The van der Waals surface area contributed by atoms with E-state index in [9.17, 15) is 4.79 Å². The maximum Gasteiger partial charge on any atom is 0.220 e. The molecular weight excluding hydrogens is 344 g/mol. The van der Waals surface area contributed by atoms with Gasteiger partial charge in [0.15, 0.2) is 5.65 Å². The zero-order chi connectivity index (χ0) is 17.8. The van der Waals surface area contributed by atoms with E-state index in [4.69, 9.17) is 4.98 Å². The van der Waals surface area contributed by atoms with Crippen molar-refractivity contribution in [1.29, 1.82) is 0 Å². The van der Waals surface area contributed by atoms with E-state index in [1.807, 2.05) is 12.1 Å². The highest BCUT2D eigenvalue weighted by molar-refractivity contribution is 7.09. The van der Waals surface area contributed by atoms with Gasteiger partial charge in [0, 0.05) is 30.0 Å². The number of carbonyl (C=O) groups excluding carboxylic acids is 1. The fraction of sp³-hybridized carbons (Fsp3) is 0.450. The number of hydrogen-bond donors (Lipinski definition) is 1. The molecule has 26 heavy (non-hydrogen) atoms. The molecule has 1 amide bonds. The maximum absolute atomic E-state index is 12.4. The number of carbonyl (C=O) groups is 1. The van der Waals surface area contributed by atoms with Crippen molar-refractivity contribution in [2.75, 3.05) is 0 Å². The third-order valence-corrected chi connectivity index (χ3v) is 5.88. The van der Waals surface area contributed by atoms with Crippen LogP contribution >= 0.6 is 11.3 Å². The summed E-state index contributed by atoms with van der Waals surface area (Å²) in [4.78, 5) is 22.9. The third-order valence-electron chi connectivity index (χ3n) is 5.02. The highest BCUT2D eigenvalue weighted by atomic mass is 32.1. The van der Waals surface area contributed by atoms with E-state index in [0.29, 0.717) is 18.9 Å². The number of imidazole rings is 1. The van der Waals surface area contributed by atoms with Crippen molar-refractivity contribution < 1.29 is 4.79 Å². The Morgan fingerprint density at radius 2 is 2.12 bits per heavy atom. The van der Waals surface area contributed by atoms with Gasteiger partial charge >= 0.3 is 0 Å². The van der Waals surface area contributed by atoms with Gasteiger partial charge in [0.05, 0.1) is 6.54 Å². The Balaban J connectivity index is 1.47. The smallest absolute Gasteiger partial charge is 0.220 e. The summed E-state index contributed by atoms with van der Waals surface area (Å²) < 4.78 is 2.15. The molecule has 0 radical (unpaired) electrons. The molecule has 0 bridgehead atoms. The molecule has 136 valence electrons. The topological polar surface area (TPSA) is 59.8 Å². The molecule has 1 saturated carbocycles. The van der Waals surface area contributed by atoms with Crippen LogP contribution in [0.4, 0.5) is 0 Å². The van der Waals surface area contributed by atoms with Gasteiger partial charge in [0.25, 0.3) is 0 Å². The molecule has 0 spiro atoms. The zero-order valence-corrected chi connectivity index (χ0v) is 15.7. The van der Waals surface area contributed by atoms with Crippen molar-refractivity contribution in [3.63, 3.8) is 0 Å². The number of fused-ring (bicyclic) bond motifs is 1. The summed E-state index contributed by atoms with van der Waals surface area (Å²) in [6.07, 6.45) is 8.91. The minimum absolute atomic E-state index is 0.139. The van der Waals surface area contributed by atoms with Crippen LogP contribution in [0, 0.1) is 0 Å². The Hall–Kier alpha value is -2.21. The van der Waals surface area contributed by atoms with E-state index in [1.54, 1.807) is 17.5 Å². The molecule has 4 rings (SSSR count). The Morgan fingerprint density at radius 3 is 2.92 bits per heavy atom. The van der Waals surface area contributed by atoms with Crippen molar-refractivity contribution in [3.8, 4) is 0 Å². The fourth-order valence-corrected chi connectivity index (χ4v) is 4.39. The van der Waals surface area contributed by atoms with Crippen molar-refractivity contribution >= 4 is 28.4 Å². The van der Waals surface area contributed by atoms with Crippen LogP contribution in [0.2, 0.25) is 0 Å². The summed E-state index contributed by atoms with van der Waals surface area (Å²) in [6.45, 7) is 0.755. The number of pyridine rings is 1. The zero-order valence-electron chi connectivity index (χ0n) is 14.9. The minimum Gasteiger partial charge on any atom is -0.353 e. The first-order valence-electron chi connectivity index (χ1n) is 9.41. The van der Waals surface area contributed by atoms with Gasteiger partial charge in [-0.1, -0.05) is 25.3 Å². The van der Waals surface area contributed by atoms with Crippen LogP contribution in [0.1, 0.15) is 49.2 Å². The van der Waals surface area contributed by atoms with Crippen molar-refractivity contribution in [2.45, 2.75) is 57.5 Å². The highest BCUT2D eigenvalue weighted by Gasteiger charge is 2.17. The molecule has 1 N–H and O–H groups in total. The van der Waals surface area contributed by atoms with Crippen LogP contribution in [0.25, 0.3) is 11.2 Å². The second kappa shape index (κ2) is 7.99. The van der Waals surface area contributed by atoms with Crippen LogP contribution in [-0.4, -0.2) is 26.5 Å². The number of nitrogens with one attached hydrogen (secondary N) is 1. The number of nitrogens with zero attached hydrogens (tertiary/aromatic N) is 3. The first kappa shape index (κ1) is 17.2.